The Balaban J connectivity index is 2.77. The lowest BCUT2D eigenvalue weighted by molar-refractivity contribution is 0.254. The van der Waals surface area contributed by atoms with E-state index in [1.165, 1.54) is 0 Å². The van der Waals surface area contributed by atoms with E-state index in [0.717, 1.165) is 11.3 Å². The Labute approximate surface area is 113 Å². The number of rotatable bonds is 7. The second-order valence-corrected chi connectivity index (χ2v) is 6.79. The van der Waals surface area contributed by atoms with E-state index in [1.54, 1.807) is 36.0 Å². The van der Waals surface area contributed by atoms with Crippen molar-refractivity contribution in [1.82, 2.24) is 4.72 Å². The standard InChI is InChI=1S/C12H19NO3S2/c1-10-3-5-12(6-4-10)18(15,16)13-11(9-14)7-8-17-2/h3-6,11,13-14H,7-9H2,1-2H3/t11-/m0/s1. The minimum atomic E-state index is -3.54. The summed E-state index contributed by atoms with van der Waals surface area (Å²) in [5.74, 6) is 0.807. The predicted octanol–water partition coefficient (Wildman–Crippen LogP) is 1.39. The van der Waals surface area contributed by atoms with Crippen molar-refractivity contribution in [3.8, 4) is 0 Å². The molecule has 0 spiro atoms. The summed E-state index contributed by atoms with van der Waals surface area (Å²) in [5.41, 5.74) is 1.01. The summed E-state index contributed by atoms with van der Waals surface area (Å²) >= 11 is 1.62. The number of benzene rings is 1. The van der Waals surface area contributed by atoms with E-state index in [-0.39, 0.29) is 11.5 Å². The molecule has 2 N–H and O–H groups in total. The maximum Gasteiger partial charge on any atom is 0.240 e. The Hall–Kier alpha value is -0.560. The summed E-state index contributed by atoms with van der Waals surface area (Å²) < 4.78 is 26.6. The first-order chi connectivity index (χ1) is 8.49. The fraction of sp³-hybridized carbons (Fsp3) is 0.500. The van der Waals surface area contributed by atoms with E-state index < -0.39 is 16.1 Å². The van der Waals surface area contributed by atoms with E-state index in [9.17, 15) is 13.5 Å². The van der Waals surface area contributed by atoms with Crippen LogP contribution in [0.1, 0.15) is 12.0 Å². The third-order valence-electron chi connectivity index (χ3n) is 2.54. The zero-order valence-electron chi connectivity index (χ0n) is 10.6. The van der Waals surface area contributed by atoms with Crippen LogP contribution in [0.15, 0.2) is 29.2 Å². The highest BCUT2D eigenvalue weighted by molar-refractivity contribution is 7.98. The molecule has 6 heteroatoms. The Morgan fingerprint density at radius 1 is 1.33 bits per heavy atom. The molecule has 0 heterocycles. The molecule has 18 heavy (non-hydrogen) atoms. The highest BCUT2D eigenvalue weighted by Crippen LogP contribution is 2.11. The Morgan fingerprint density at radius 3 is 2.44 bits per heavy atom. The van der Waals surface area contributed by atoms with Crippen molar-refractivity contribution in [3.05, 3.63) is 29.8 Å². The van der Waals surface area contributed by atoms with Gasteiger partial charge in [0, 0.05) is 6.04 Å². The number of nitrogens with one attached hydrogen (secondary N) is 1. The van der Waals surface area contributed by atoms with Crippen LogP contribution in [0.3, 0.4) is 0 Å². The molecule has 0 fully saturated rings. The van der Waals surface area contributed by atoms with Gasteiger partial charge in [0.05, 0.1) is 11.5 Å². The van der Waals surface area contributed by atoms with Crippen molar-refractivity contribution in [3.63, 3.8) is 0 Å². The van der Waals surface area contributed by atoms with Crippen LogP contribution in [0, 0.1) is 6.92 Å². The van der Waals surface area contributed by atoms with E-state index in [2.05, 4.69) is 4.72 Å². The molecule has 0 aliphatic heterocycles. The maximum absolute atomic E-state index is 12.0. The average molecular weight is 289 g/mol. The van der Waals surface area contributed by atoms with Crippen LogP contribution in [0.4, 0.5) is 0 Å². The third-order valence-corrected chi connectivity index (χ3v) is 4.72. The molecule has 1 atom stereocenters. The smallest absolute Gasteiger partial charge is 0.240 e. The van der Waals surface area contributed by atoms with E-state index >= 15 is 0 Å². The van der Waals surface area contributed by atoms with Gasteiger partial charge in [0.2, 0.25) is 10.0 Å². The van der Waals surface area contributed by atoms with Crippen molar-refractivity contribution in [1.29, 1.82) is 0 Å². The molecular formula is C12H19NO3S2. The highest BCUT2D eigenvalue weighted by Gasteiger charge is 2.18. The molecule has 0 saturated carbocycles. The molecule has 0 aromatic heterocycles. The second kappa shape index (κ2) is 7.13. The summed E-state index contributed by atoms with van der Waals surface area (Å²) in [6.45, 7) is 1.71. The second-order valence-electron chi connectivity index (χ2n) is 4.10. The molecule has 1 aromatic carbocycles. The quantitative estimate of drug-likeness (QED) is 0.796. The first kappa shape index (κ1) is 15.5. The molecule has 1 aromatic rings. The average Bonchev–Trinajstić information content (AvgIpc) is 2.35. The first-order valence-electron chi connectivity index (χ1n) is 5.68. The molecule has 0 aliphatic carbocycles. The van der Waals surface area contributed by atoms with Crippen molar-refractivity contribution in [2.24, 2.45) is 0 Å². The Morgan fingerprint density at radius 2 is 1.94 bits per heavy atom. The van der Waals surface area contributed by atoms with E-state index in [4.69, 9.17) is 0 Å². The van der Waals surface area contributed by atoms with Gasteiger partial charge < -0.3 is 5.11 Å². The van der Waals surface area contributed by atoms with Gasteiger partial charge in [-0.2, -0.15) is 11.8 Å². The molecular weight excluding hydrogens is 270 g/mol. The predicted molar refractivity (Wildman–Crippen MR) is 75.4 cm³/mol. The van der Waals surface area contributed by atoms with Crippen LogP contribution >= 0.6 is 11.8 Å². The number of aryl methyl sites for hydroxylation is 1. The zero-order valence-corrected chi connectivity index (χ0v) is 12.2. The van der Waals surface area contributed by atoms with Crippen LogP contribution in [0.5, 0.6) is 0 Å². The fourth-order valence-corrected chi connectivity index (χ4v) is 3.23. The molecule has 0 unspecified atom stereocenters. The number of hydrogen-bond acceptors (Lipinski definition) is 4. The summed E-state index contributed by atoms with van der Waals surface area (Å²) in [6.07, 6.45) is 2.56. The van der Waals surface area contributed by atoms with Gasteiger partial charge in [-0.15, -0.1) is 0 Å². The lowest BCUT2D eigenvalue weighted by Gasteiger charge is -2.16. The molecule has 0 bridgehead atoms. The normalized spacial score (nSPS) is 13.5. The van der Waals surface area contributed by atoms with Crippen molar-refractivity contribution < 1.29 is 13.5 Å². The monoisotopic (exact) mass is 289 g/mol. The van der Waals surface area contributed by atoms with Gasteiger partial charge in [-0.05, 0) is 37.5 Å². The van der Waals surface area contributed by atoms with Crippen molar-refractivity contribution in [2.45, 2.75) is 24.3 Å². The SMILES string of the molecule is CSCC[C@@H](CO)NS(=O)(=O)c1ccc(C)cc1. The number of aliphatic hydroxyl groups is 1. The molecule has 0 aliphatic rings. The minimum absolute atomic E-state index is 0.189. The summed E-state index contributed by atoms with van der Waals surface area (Å²) in [5, 5.41) is 9.17. The van der Waals surface area contributed by atoms with Gasteiger partial charge in [0.1, 0.15) is 0 Å². The van der Waals surface area contributed by atoms with Crippen LogP contribution in [-0.2, 0) is 10.0 Å². The van der Waals surface area contributed by atoms with Crippen molar-refractivity contribution >= 4 is 21.8 Å². The zero-order chi connectivity index (χ0) is 13.6. The molecule has 0 saturated heterocycles. The summed E-state index contributed by atoms with van der Waals surface area (Å²) in [6, 6.07) is 6.22. The lowest BCUT2D eigenvalue weighted by Crippen LogP contribution is -2.37. The van der Waals surface area contributed by atoms with Gasteiger partial charge in [0.25, 0.3) is 0 Å². The van der Waals surface area contributed by atoms with Crippen LogP contribution in [-0.4, -0.2) is 38.2 Å². The van der Waals surface area contributed by atoms with Gasteiger partial charge in [-0.25, -0.2) is 13.1 Å². The summed E-state index contributed by atoms with van der Waals surface area (Å²) in [7, 11) is -3.54. The maximum atomic E-state index is 12.0. The molecule has 0 amide bonds. The van der Waals surface area contributed by atoms with Crippen LogP contribution < -0.4 is 4.72 Å². The minimum Gasteiger partial charge on any atom is -0.395 e. The number of aliphatic hydroxyl groups excluding tert-OH is 1. The topological polar surface area (TPSA) is 66.4 Å². The highest BCUT2D eigenvalue weighted by atomic mass is 32.2. The number of sulfonamides is 1. The first-order valence-corrected chi connectivity index (χ1v) is 8.56. The fourth-order valence-electron chi connectivity index (χ4n) is 1.45. The molecule has 0 radical (unpaired) electrons. The number of thioether (sulfide) groups is 1. The summed E-state index contributed by atoms with van der Waals surface area (Å²) in [4.78, 5) is 0.232. The molecule has 4 nitrogen and oxygen atoms in total. The van der Waals surface area contributed by atoms with Gasteiger partial charge in [-0.3, -0.25) is 0 Å². The number of hydrogen-bond donors (Lipinski definition) is 2. The van der Waals surface area contributed by atoms with Gasteiger partial charge in [0.15, 0.2) is 0 Å². The third kappa shape index (κ3) is 4.61. The van der Waals surface area contributed by atoms with E-state index in [1.807, 2.05) is 13.2 Å². The molecule has 102 valence electrons. The molecule has 1 rings (SSSR count). The Kier molecular flexibility index (Phi) is 6.14. The Bertz CT molecular complexity index is 457. The largest absolute Gasteiger partial charge is 0.395 e. The van der Waals surface area contributed by atoms with Gasteiger partial charge >= 0.3 is 0 Å². The van der Waals surface area contributed by atoms with Gasteiger partial charge in [-0.1, -0.05) is 17.7 Å². The van der Waals surface area contributed by atoms with Crippen LogP contribution in [0.2, 0.25) is 0 Å². The van der Waals surface area contributed by atoms with Crippen molar-refractivity contribution in [2.75, 3.05) is 18.6 Å². The lowest BCUT2D eigenvalue weighted by atomic mass is 10.2. The van der Waals surface area contributed by atoms with Crippen LogP contribution in [0.25, 0.3) is 0 Å². The van der Waals surface area contributed by atoms with E-state index in [0.29, 0.717) is 6.42 Å².